The quantitative estimate of drug-likeness (QED) is 0.766. The molecule has 0 radical (unpaired) electrons. The van der Waals surface area contributed by atoms with Crippen LogP contribution in [0.3, 0.4) is 0 Å². The Morgan fingerprint density at radius 1 is 1.00 bits per heavy atom. The van der Waals surface area contributed by atoms with Gasteiger partial charge < -0.3 is 10.0 Å². The number of rotatable bonds is 5. The van der Waals surface area contributed by atoms with Gasteiger partial charge in [0.25, 0.3) is 0 Å². The zero-order valence-electron chi connectivity index (χ0n) is 10.7. The summed E-state index contributed by atoms with van der Waals surface area (Å²) in [5.41, 5.74) is 0. The molecule has 2 aliphatic carbocycles. The van der Waals surface area contributed by atoms with Crippen LogP contribution in [0.25, 0.3) is 0 Å². The van der Waals surface area contributed by atoms with Crippen LogP contribution in [-0.4, -0.2) is 60.3 Å². The van der Waals surface area contributed by atoms with E-state index in [-0.39, 0.29) is 0 Å². The van der Waals surface area contributed by atoms with E-state index in [0.717, 1.165) is 12.6 Å². The highest BCUT2D eigenvalue weighted by Gasteiger charge is 2.38. The molecular formula is C13H26N2O. The number of likely N-dealkylation sites (N-methyl/N-ethyl adjacent to an activating group) is 1. The van der Waals surface area contributed by atoms with Crippen molar-refractivity contribution in [2.24, 2.45) is 0 Å². The van der Waals surface area contributed by atoms with Gasteiger partial charge >= 0.3 is 0 Å². The Morgan fingerprint density at radius 2 is 1.62 bits per heavy atom. The molecule has 2 saturated carbocycles. The van der Waals surface area contributed by atoms with Crippen molar-refractivity contribution in [3.05, 3.63) is 0 Å². The predicted octanol–water partition coefficient (Wildman–Crippen LogP) is 1.32. The van der Waals surface area contributed by atoms with Gasteiger partial charge in [-0.25, -0.2) is 0 Å². The first-order valence-electron chi connectivity index (χ1n) is 6.77. The van der Waals surface area contributed by atoms with Crippen molar-refractivity contribution in [3.8, 4) is 0 Å². The number of aliphatic hydroxyl groups excluding tert-OH is 1. The lowest BCUT2D eigenvalue weighted by atomic mass is 9.88. The average molecular weight is 226 g/mol. The van der Waals surface area contributed by atoms with Crippen molar-refractivity contribution in [1.29, 1.82) is 0 Å². The topological polar surface area (TPSA) is 26.7 Å². The predicted molar refractivity (Wildman–Crippen MR) is 66.5 cm³/mol. The van der Waals surface area contributed by atoms with E-state index in [1.807, 2.05) is 0 Å². The van der Waals surface area contributed by atoms with Crippen molar-refractivity contribution in [3.63, 3.8) is 0 Å². The Kier molecular flexibility index (Phi) is 4.22. The molecule has 3 nitrogen and oxygen atoms in total. The van der Waals surface area contributed by atoms with Crippen LogP contribution >= 0.6 is 0 Å². The standard InChI is InChI=1S/C13H26N2O/c1-14(2)12-5-3-4-6-13(12)15(9-10-16)11-7-8-11/h11-13,16H,3-10H2,1-2H3/t12-,13-/m0/s1. The normalized spacial score (nSPS) is 31.3. The molecule has 2 rings (SSSR count). The van der Waals surface area contributed by atoms with E-state index in [9.17, 15) is 5.11 Å². The van der Waals surface area contributed by atoms with Crippen LogP contribution in [0, 0.1) is 0 Å². The SMILES string of the molecule is CN(C)[C@H]1CCCC[C@@H]1N(CCO)C1CC1. The van der Waals surface area contributed by atoms with Gasteiger partial charge in [-0.15, -0.1) is 0 Å². The number of hydrogen-bond acceptors (Lipinski definition) is 3. The molecule has 94 valence electrons. The van der Waals surface area contributed by atoms with Gasteiger partial charge in [0.1, 0.15) is 0 Å². The van der Waals surface area contributed by atoms with E-state index in [2.05, 4.69) is 23.9 Å². The molecule has 0 unspecified atom stereocenters. The maximum absolute atomic E-state index is 9.21. The fourth-order valence-corrected chi connectivity index (χ4v) is 3.22. The molecule has 3 heteroatoms. The summed E-state index contributed by atoms with van der Waals surface area (Å²) >= 11 is 0. The molecule has 16 heavy (non-hydrogen) atoms. The first-order chi connectivity index (χ1) is 7.74. The van der Waals surface area contributed by atoms with Crippen LogP contribution in [0.2, 0.25) is 0 Å². The van der Waals surface area contributed by atoms with E-state index in [1.165, 1.54) is 38.5 Å². The molecule has 2 aliphatic rings. The molecule has 0 aromatic rings. The molecule has 0 spiro atoms. The van der Waals surface area contributed by atoms with E-state index in [0.29, 0.717) is 18.7 Å². The largest absolute Gasteiger partial charge is 0.395 e. The lowest BCUT2D eigenvalue weighted by molar-refractivity contribution is 0.0547. The van der Waals surface area contributed by atoms with Crippen molar-refractivity contribution in [2.45, 2.75) is 56.7 Å². The monoisotopic (exact) mass is 226 g/mol. The summed E-state index contributed by atoms with van der Waals surface area (Å²) in [5, 5.41) is 9.21. The summed E-state index contributed by atoms with van der Waals surface area (Å²) in [6, 6.07) is 2.15. The molecule has 0 saturated heterocycles. The fourth-order valence-electron chi connectivity index (χ4n) is 3.22. The van der Waals surface area contributed by atoms with Crippen molar-refractivity contribution in [2.75, 3.05) is 27.2 Å². The number of aliphatic hydroxyl groups is 1. The molecule has 0 amide bonds. The molecule has 1 N–H and O–H groups in total. The number of hydrogen-bond donors (Lipinski definition) is 1. The molecule has 2 fully saturated rings. The highest BCUT2D eigenvalue weighted by Crippen LogP contribution is 2.34. The van der Waals surface area contributed by atoms with E-state index < -0.39 is 0 Å². The van der Waals surface area contributed by atoms with E-state index in [1.54, 1.807) is 0 Å². The molecule has 0 aromatic carbocycles. The summed E-state index contributed by atoms with van der Waals surface area (Å²) < 4.78 is 0. The van der Waals surface area contributed by atoms with Crippen LogP contribution in [0.15, 0.2) is 0 Å². The third-order valence-electron chi connectivity index (χ3n) is 4.16. The zero-order chi connectivity index (χ0) is 11.5. The number of nitrogens with zero attached hydrogens (tertiary/aromatic N) is 2. The Hall–Kier alpha value is -0.120. The Balaban J connectivity index is 2.01. The third-order valence-corrected chi connectivity index (χ3v) is 4.16. The molecule has 0 heterocycles. The maximum Gasteiger partial charge on any atom is 0.0558 e. The van der Waals surface area contributed by atoms with Crippen LogP contribution in [0.1, 0.15) is 38.5 Å². The van der Waals surface area contributed by atoms with Crippen LogP contribution in [0.4, 0.5) is 0 Å². The second kappa shape index (κ2) is 5.48. The average Bonchev–Trinajstić information content (AvgIpc) is 3.10. The van der Waals surface area contributed by atoms with Crippen molar-refractivity contribution >= 4 is 0 Å². The van der Waals surface area contributed by atoms with Gasteiger partial charge in [0.15, 0.2) is 0 Å². The molecule has 0 bridgehead atoms. The van der Waals surface area contributed by atoms with Gasteiger partial charge in [-0.2, -0.15) is 0 Å². The summed E-state index contributed by atoms with van der Waals surface area (Å²) in [6.07, 6.45) is 8.07. The summed E-state index contributed by atoms with van der Waals surface area (Å²) in [7, 11) is 4.40. The Bertz CT molecular complexity index is 216. The highest BCUT2D eigenvalue weighted by molar-refractivity contribution is 4.95. The minimum Gasteiger partial charge on any atom is -0.395 e. The second-order valence-corrected chi connectivity index (χ2v) is 5.58. The van der Waals surface area contributed by atoms with Gasteiger partial charge in [0.2, 0.25) is 0 Å². The Labute approximate surface area is 99.4 Å². The van der Waals surface area contributed by atoms with Crippen LogP contribution in [-0.2, 0) is 0 Å². The zero-order valence-corrected chi connectivity index (χ0v) is 10.7. The van der Waals surface area contributed by atoms with Crippen molar-refractivity contribution in [1.82, 2.24) is 9.80 Å². The van der Waals surface area contributed by atoms with Gasteiger partial charge in [0.05, 0.1) is 6.61 Å². The van der Waals surface area contributed by atoms with Crippen LogP contribution in [0.5, 0.6) is 0 Å². The van der Waals surface area contributed by atoms with Gasteiger partial charge in [-0.1, -0.05) is 12.8 Å². The second-order valence-electron chi connectivity index (χ2n) is 5.58. The minimum atomic E-state index is 0.313. The maximum atomic E-state index is 9.21. The van der Waals surface area contributed by atoms with Gasteiger partial charge in [-0.05, 0) is 39.8 Å². The molecule has 0 aromatic heterocycles. The molecule has 2 atom stereocenters. The first kappa shape index (κ1) is 12.3. The Morgan fingerprint density at radius 3 is 2.12 bits per heavy atom. The third kappa shape index (κ3) is 2.76. The van der Waals surface area contributed by atoms with Crippen LogP contribution < -0.4 is 0 Å². The van der Waals surface area contributed by atoms with E-state index >= 15 is 0 Å². The summed E-state index contributed by atoms with van der Waals surface area (Å²) in [6.45, 7) is 1.19. The molecule has 0 aliphatic heterocycles. The molecular weight excluding hydrogens is 200 g/mol. The first-order valence-corrected chi connectivity index (χ1v) is 6.77. The van der Waals surface area contributed by atoms with Gasteiger partial charge in [-0.3, -0.25) is 4.90 Å². The van der Waals surface area contributed by atoms with Crippen molar-refractivity contribution < 1.29 is 5.11 Å². The highest BCUT2D eigenvalue weighted by atomic mass is 16.3. The minimum absolute atomic E-state index is 0.313. The lowest BCUT2D eigenvalue weighted by Crippen LogP contribution is -2.52. The lowest BCUT2D eigenvalue weighted by Gasteiger charge is -2.43. The fraction of sp³-hybridized carbons (Fsp3) is 1.00. The van der Waals surface area contributed by atoms with E-state index in [4.69, 9.17) is 0 Å². The van der Waals surface area contributed by atoms with Gasteiger partial charge in [0, 0.05) is 24.7 Å². The summed E-state index contributed by atoms with van der Waals surface area (Å²) in [5.74, 6) is 0. The summed E-state index contributed by atoms with van der Waals surface area (Å²) in [4.78, 5) is 4.97. The smallest absolute Gasteiger partial charge is 0.0558 e.